The second kappa shape index (κ2) is 6.75. The molecule has 4 heterocycles. The van der Waals surface area contributed by atoms with E-state index in [1.165, 1.54) is 16.2 Å². The quantitative estimate of drug-likeness (QED) is 0.722. The second-order valence-electron chi connectivity index (χ2n) is 6.11. The number of nitrogens with one attached hydrogen (secondary N) is 1. The second-order valence-corrected chi connectivity index (χ2v) is 6.99. The minimum atomic E-state index is -0.883. The Kier molecular flexibility index (Phi) is 4.29. The predicted octanol–water partition coefficient (Wildman–Crippen LogP) is 2.48. The van der Waals surface area contributed by atoms with E-state index in [1.807, 2.05) is 22.2 Å². The van der Waals surface area contributed by atoms with Gasteiger partial charge in [0.25, 0.3) is 5.91 Å². The molecule has 2 amide bonds. The van der Waals surface area contributed by atoms with Gasteiger partial charge >= 0.3 is 6.09 Å². The zero-order valence-corrected chi connectivity index (χ0v) is 14.6. The molecule has 8 nitrogen and oxygen atoms in total. The fourth-order valence-electron chi connectivity index (χ4n) is 3.26. The molecule has 4 rings (SSSR count). The van der Waals surface area contributed by atoms with Gasteiger partial charge in [0.1, 0.15) is 5.65 Å². The summed E-state index contributed by atoms with van der Waals surface area (Å²) >= 11 is 1.40. The molecular weight excluding hydrogens is 354 g/mol. The van der Waals surface area contributed by atoms with Crippen molar-refractivity contribution in [2.75, 3.05) is 13.1 Å². The van der Waals surface area contributed by atoms with Crippen LogP contribution in [0.1, 0.15) is 29.2 Å². The topological polar surface area (TPSA) is 104 Å². The largest absolute Gasteiger partial charge is 0.465 e. The SMILES string of the molecule is O=C(N=c1sccn1C1CCN(C(=O)O)CC1)c1c[nH]c2ncccc12. The zero-order valence-electron chi connectivity index (χ0n) is 13.8. The van der Waals surface area contributed by atoms with Gasteiger partial charge in [0.2, 0.25) is 0 Å². The van der Waals surface area contributed by atoms with Gasteiger partial charge in [-0.2, -0.15) is 4.99 Å². The van der Waals surface area contributed by atoms with Crippen LogP contribution in [0.3, 0.4) is 0 Å². The molecule has 0 radical (unpaired) electrons. The van der Waals surface area contributed by atoms with Crippen molar-refractivity contribution in [3.63, 3.8) is 0 Å². The van der Waals surface area contributed by atoms with E-state index < -0.39 is 6.09 Å². The lowest BCUT2D eigenvalue weighted by Crippen LogP contribution is -2.39. The first kappa shape index (κ1) is 16.5. The van der Waals surface area contributed by atoms with Crippen molar-refractivity contribution in [1.82, 2.24) is 19.4 Å². The van der Waals surface area contributed by atoms with E-state index in [0.29, 0.717) is 41.9 Å². The molecule has 0 atom stereocenters. The summed E-state index contributed by atoms with van der Waals surface area (Å²) < 4.78 is 1.98. The van der Waals surface area contributed by atoms with Crippen LogP contribution in [0.25, 0.3) is 11.0 Å². The smallest absolute Gasteiger partial charge is 0.407 e. The van der Waals surface area contributed by atoms with Crippen LogP contribution in [0.15, 0.2) is 41.1 Å². The lowest BCUT2D eigenvalue weighted by atomic mass is 10.1. The molecule has 0 aliphatic carbocycles. The van der Waals surface area contributed by atoms with Crippen LogP contribution in [-0.4, -0.2) is 49.6 Å². The first-order valence-corrected chi connectivity index (χ1v) is 9.16. The molecule has 2 N–H and O–H groups in total. The summed E-state index contributed by atoms with van der Waals surface area (Å²) in [6.07, 6.45) is 5.75. The maximum atomic E-state index is 12.7. The molecule has 0 saturated carbocycles. The van der Waals surface area contributed by atoms with Gasteiger partial charge in [-0.25, -0.2) is 9.78 Å². The number of carbonyl (C=O) groups is 2. The molecule has 1 aliphatic heterocycles. The summed E-state index contributed by atoms with van der Waals surface area (Å²) in [7, 11) is 0. The Labute approximate surface area is 152 Å². The Bertz CT molecular complexity index is 1030. The maximum absolute atomic E-state index is 12.7. The molecule has 0 spiro atoms. The molecule has 26 heavy (non-hydrogen) atoms. The number of carbonyl (C=O) groups excluding carboxylic acids is 1. The summed E-state index contributed by atoms with van der Waals surface area (Å²) in [6.45, 7) is 0.981. The van der Waals surface area contributed by atoms with E-state index in [4.69, 9.17) is 5.11 Å². The van der Waals surface area contributed by atoms with E-state index in [0.717, 1.165) is 5.39 Å². The molecule has 0 bridgehead atoms. The molecule has 1 fully saturated rings. The van der Waals surface area contributed by atoms with Gasteiger partial charge in [-0.1, -0.05) is 0 Å². The van der Waals surface area contributed by atoms with Gasteiger partial charge in [-0.3, -0.25) is 4.79 Å². The number of amides is 2. The van der Waals surface area contributed by atoms with Gasteiger partial charge in [0.05, 0.1) is 5.56 Å². The molecule has 134 valence electrons. The molecule has 1 aliphatic rings. The van der Waals surface area contributed by atoms with Crippen molar-refractivity contribution in [3.8, 4) is 0 Å². The standard InChI is InChI=1S/C17H17N5O3S/c23-15(13-10-19-14-12(13)2-1-5-18-14)20-16-22(8-9-26-16)11-3-6-21(7-4-11)17(24)25/h1-2,5,8-11H,3-4,6-7H2,(H,18,19)(H,24,25). The number of thiazole rings is 1. The van der Waals surface area contributed by atoms with Crippen molar-refractivity contribution in [3.05, 3.63) is 46.5 Å². The van der Waals surface area contributed by atoms with E-state index in [1.54, 1.807) is 18.5 Å². The Morgan fingerprint density at radius 1 is 1.35 bits per heavy atom. The summed E-state index contributed by atoms with van der Waals surface area (Å²) in [5, 5.41) is 11.7. The average molecular weight is 371 g/mol. The highest BCUT2D eigenvalue weighted by atomic mass is 32.1. The third-order valence-corrected chi connectivity index (χ3v) is 5.39. The molecule has 0 unspecified atom stereocenters. The van der Waals surface area contributed by atoms with Crippen molar-refractivity contribution < 1.29 is 14.7 Å². The van der Waals surface area contributed by atoms with Crippen LogP contribution >= 0.6 is 11.3 Å². The van der Waals surface area contributed by atoms with Crippen LogP contribution in [-0.2, 0) is 0 Å². The molecular formula is C17H17N5O3S. The third-order valence-electron chi connectivity index (χ3n) is 4.62. The van der Waals surface area contributed by atoms with Gasteiger partial charge in [-0.05, 0) is 25.0 Å². The Balaban J connectivity index is 1.60. The highest BCUT2D eigenvalue weighted by Gasteiger charge is 2.24. The number of H-pyrrole nitrogens is 1. The number of carboxylic acid groups (broad SMARTS) is 1. The fourth-order valence-corrected chi connectivity index (χ4v) is 4.04. The average Bonchev–Trinajstić information content (AvgIpc) is 3.28. The van der Waals surface area contributed by atoms with Gasteiger partial charge in [0.15, 0.2) is 4.80 Å². The van der Waals surface area contributed by atoms with E-state index in [2.05, 4.69) is 15.0 Å². The summed E-state index contributed by atoms with van der Waals surface area (Å²) in [5.74, 6) is -0.316. The highest BCUT2D eigenvalue weighted by molar-refractivity contribution is 7.07. The fraction of sp³-hybridized carbons (Fsp3) is 0.294. The third kappa shape index (κ3) is 3.01. The summed E-state index contributed by atoms with van der Waals surface area (Å²) in [4.78, 5) is 37.2. The van der Waals surface area contributed by atoms with Gasteiger partial charge < -0.3 is 19.6 Å². The number of aromatic amines is 1. The van der Waals surface area contributed by atoms with Crippen molar-refractivity contribution in [2.45, 2.75) is 18.9 Å². The molecule has 0 aromatic carbocycles. The van der Waals surface area contributed by atoms with Crippen LogP contribution in [0, 0.1) is 0 Å². The van der Waals surface area contributed by atoms with Crippen LogP contribution in [0.4, 0.5) is 4.79 Å². The first-order chi connectivity index (χ1) is 12.6. The zero-order chi connectivity index (χ0) is 18.1. The van der Waals surface area contributed by atoms with Crippen LogP contribution < -0.4 is 4.80 Å². The number of aromatic nitrogens is 3. The van der Waals surface area contributed by atoms with Crippen LogP contribution in [0.2, 0.25) is 0 Å². The summed E-state index contributed by atoms with van der Waals surface area (Å²) in [6, 6.07) is 3.77. The Hall–Kier alpha value is -2.94. The van der Waals surface area contributed by atoms with E-state index in [9.17, 15) is 9.59 Å². The number of piperidine rings is 1. The van der Waals surface area contributed by atoms with Crippen molar-refractivity contribution >= 4 is 34.4 Å². The number of hydrogen-bond acceptors (Lipinski definition) is 4. The number of pyridine rings is 1. The van der Waals surface area contributed by atoms with Crippen molar-refractivity contribution in [2.24, 2.45) is 4.99 Å². The van der Waals surface area contributed by atoms with E-state index in [-0.39, 0.29) is 11.9 Å². The monoisotopic (exact) mass is 371 g/mol. The van der Waals surface area contributed by atoms with E-state index >= 15 is 0 Å². The van der Waals surface area contributed by atoms with Crippen molar-refractivity contribution in [1.29, 1.82) is 0 Å². The molecule has 3 aromatic rings. The Morgan fingerprint density at radius 2 is 2.15 bits per heavy atom. The summed E-state index contributed by atoms with van der Waals surface area (Å²) in [5.41, 5.74) is 1.15. The minimum Gasteiger partial charge on any atom is -0.465 e. The Morgan fingerprint density at radius 3 is 2.92 bits per heavy atom. The molecule has 9 heteroatoms. The minimum absolute atomic E-state index is 0.146. The molecule has 3 aromatic heterocycles. The predicted molar refractivity (Wildman–Crippen MR) is 96.2 cm³/mol. The lowest BCUT2D eigenvalue weighted by molar-refractivity contribution is 0.0998. The first-order valence-electron chi connectivity index (χ1n) is 8.28. The number of nitrogens with zero attached hydrogens (tertiary/aromatic N) is 4. The van der Waals surface area contributed by atoms with Gasteiger partial charge in [0, 0.05) is 48.5 Å². The van der Waals surface area contributed by atoms with Crippen LogP contribution in [0.5, 0.6) is 0 Å². The highest BCUT2D eigenvalue weighted by Crippen LogP contribution is 2.22. The normalized spacial score (nSPS) is 16.3. The maximum Gasteiger partial charge on any atom is 0.407 e. The number of likely N-dealkylation sites (tertiary alicyclic amines) is 1. The lowest BCUT2D eigenvalue weighted by Gasteiger charge is -2.30. The molecule has 1 saturated heterocycles. The number of fused-ring (bicyclic) bond motifs is 1. The number of hydrogen-bond donors (Lipinski definition) is 2. The number of rotatable bonds is 2. The van der Waals surface area contributed by atoms with Gasteiger partial charge in [-0.15, -0.1) is 11.3 Å².